The monoisotopic (exact) mass is 319 g/mol. The molecule has 0 saturated heterocycles. The van der Waals surface area contributed by atoms with Crippen LogP contribution in [0.5, 0.6) is 0 Å². The smallest absolute Gasteiger partial charge is 0.238 e. The Hall–Kier alpha value is -1.42. The van der Waals surface area contributed by atoms with Gasteiger partial charge in [-0.2, -0.15) is 0 Å². The molecule has 1 aliphatic heterocycles. The van der Waals surface area contributed by atoms with Crippen LogP contribution in [-0.2, 0) is 15.0 Å². The minimum absolute atomic E-state index is 0.0291. The molecule has 1 atom stereocenters. The molecule has 0 aromatic heterocycles. The summed E-state index contributed by atoms with van der Waals surface area (Å²) in [5.41, 5.74) is 2.18. The van der Waals surface area contributed by atoms with Gasteiger partial charge in [-0.3, -0.25) is 9.59 Å². The van der Waals surface area contributed by atoms with Gasteiger partial charge in [0, 0.05) is 23.6 Å². The summed E-state index contributed by atoms with van der Waals surface area (Å²) in [5, 5.41) is 0. The molecular weight excluding hydrogens is 306 g/mol. The van der Waals surface area contributed by atoms with Crippen LogP contribution in [0.2, 0.25) is 0 Å². The number of nitrogens with zero attached hydrogens (tertiary/aromatic N) is 1. The number of fused-ring (bicyclic) bond motifs is 2. The van der Waals surface area contributed by atoms with Crippen LogP contribution in [0, 0.1) is 0 Å². The lowest BCUT2D eigenvalue weighted by Gasteiger charge is -2.30. The Morgan fingerprint density at radius 3 is 2.68 bits per heavy atom. The molecule has 0 fully saturated rings. The predicted octanol–water partition coefficient (Wildman–Crippen LogP) is 2.97. The molecule has 98 valence electrons. The number of allylic oxidation sites excluding steroid dienone is 2. The van der Waals surface area contributed by atoms with Crippen LogP contribution >= 0.6 is 15.9 Å². The van der Waals surface area contributed by atoms with E-state index in [2.05, 4.69) is 15.9 Å². The highest BCUT2D eigenvalue weighted by Gasteiger charge is 2.51. The normalized spacial score (nSPS) is 25.8. The Morgan fingerprint density at radius 1 is 1.26 bits per heavy atom. The molecule has 1 aromatic rings. The number of halogens is 1. The molecule has 1 amide bonds. The summed E-state index contributed by atoms with van der Waals surface area (Å²) < 4.78 is 0.942. The first-order chi connectivity index (χ1) is 8.94. The minimum Gasteiger partial charge on any atom is -0.314 e. The van der Waals surface area contributed by atoms with Gasteiger partial charge in [0.1, 0.15) is 0 Å². The molecule has 0 unspecified atom stereocenters. The number of amides is 1. The van der Waals surface area contributed by atoms with E-state index in [1.54, 1.807) is 18.0 Å². The molecule has 1 spiro atoms. The molecule has 0 N–H and O–H groups in total. The fraction of sp³-hybridized carbons (Fsp3) is 0.333. The summed E-state index contributed by atoms with van der Waals surface area (Å²) in [6.07, 6.45) is 2.58. The van der Waals surface area contributed by atoms with Crippen molar-refractivity contribution in [3.8, 4) is 0 Å². The van der Waals surface area contributed by atoms with Crippen molar-refractivity contribution >= 4 is 33.3 Å². The average Bonchev–Trinajstić information content (AvgIpc) is 2.51. The van der Waals surface area contributed by atoms with E-state index in [-0.39, 0.29) is 18.1 Å². The molecule has 0 bridgehead atoms. The van der Waals surface area contributed by atoms with Gasteiger partial charge in [-0.25, -0.2) is 0 Å². The fourth-order valence-electron chi connectivity index (χ4n) is 3.29. The lowest BCUT2D eigenvalue weighted by atomic mass is 9.70. The maximum absolute atomic E-state index is 12.7. The van der Waals surface area contributed by atoms with Crippen molar-refractivity contribution in [3.63, 3.8) is 0 Å². The van der Waals surface area contributed by atoms with Gasteiger partial charge in [-0.15, -0.1) is 0 Å². The first-order valence-corrected chi connectivity index (χ1v) is 7.01. The molecule has 0 radical (unpaired) electrons. The van der Waals surface area contributed by atoms with Gasteiger partial charge in [0.2, 0.25) is 5.91 Å². The van der Waals surface area contributed by atoms with Crippen molar-refractivity contribution in [2.75, 3.05) is 11.9 Å². The quantitative estimate of drug-likeness (QED) is 0.737. The highest BCUT2D eigenvalue weighted by molar-refractivity contribution is 9.10. The zero-order chi connectivity index (χ0) is 13.8. The third-order valence-electron chi connectivity index (χ3n) is 4.01. The lowest BCUT2D eigenvalue weighted by molar-refractivity contribution is -0.127. The number of hydrogen-bond acceptors (Lipinski definition) is 2. The summed E-state index contributed by atoms with van der Waals surface area (Å²) in [6, 6.07) is 5.85. The highest BCUT2D eigenvalue weighted by atomic mass is 79.9. The number of anilines is 1. The molecule has 19 heavy (non-hydrogen) atoms. The third-order valence-corrected chi connectivity index (χ3v) is 4.51. The van der Waals surface area contributed by atoms with Crippen LogP contribution in [0.3, 0.4) is 0 Å². The Morgan fingerprint density at radius 2 is 2.00 bits per heavy atom. The number of carbonyl (C=O) groups is 2. The van der Waals surface area contributed by atoms with Crippen LogP contribution in [0.25, 0.3) is 0 Å². The first-order valence-electron chi connectivity index (χ1n) is 6.22. The van der Waals surface area contributed by atoms with Gasteiger partial charge in [0.05, 0.1) is 5.41 Å². The zero-order valence-electron chi connectivity index (χ0n) is 10.9. The Labute approximate surface area is 120 Å². The van der Waals surface area contributed by atoms with Crippen LogP contribution in [0.1, 0.15) is 25.3 Å². The molecule has 4 heteroatoms. The second-order valence-corrected chi connectivity index (χ2v) is 6.33. The van der Waals surface area contributed by atoms with Crippen molar-refractivity contribution in [2.45, 2.75) is 25.2 Å². The molecule has 1 aromatic carbocycles. The van der Waals surface area contributed by atoms with Crippen LogP contribution in [0.4, 0.5) is 5.69 Å². The summed E-state index contributed by atoms with van der Waals surface area (Å²) in [6.45, 7) is 1.92. The van der Waals surface area contributed by atoms with E-state index >= 15 is 0 Å². The van der Waals surface area contributed by atoms with Gasteiger partial charge in [-0.1, -0.05) is 27.6 Å². The molecule has 2 aliphatic rings. The fourth-order valence-corrected chi connectivity index (χ4v) is 3.64. The highest BCUT2D eigenvalue weighted by Crippen LogP contribution is 2.49. The molecule has 3 nitrogen and oxygen atoms in total. The molecular formula is C15H14BrNO2. The number of likely N-dealkylation sites (N-methyl/N-ethyl adjacent to an activating group) is 1. The van der Waals surface area contributed by atoms with Crippen LogP contribution in [0.15, 0.2) is 34.3 Å². The SMILES string of the molecule is CC1=CC(=O)C[C@]2(C1)C(=O)N(C)c1cc(Br)ccc12. The maximum atomic E-state index is 12.7. The molecule has 0 saturated carbocycles. The van der Waals surface area contributed by atoms with Gasteiger partial charge in [0.15, 0.2) is 5.78 Å². The van der Waals surface area contributed by atoms with E-state index in [1.807, 2.05) is 25.1 Å². The van der Waals surface area contributed by atoms with Gasteiger partial charge in [-0.05, 0) is 37.1 Å². The lowest BCUT2D eigenvalue weighted by Crippen LogP contribution is -2.42. The van der Waals surface area contributed by atoms with Crippen LogP contribution < -0.4 is 4.90 Å². The summed E-state index contributed by atoms with van der Waals surface area (Å²) in [4.78, 5) is 26.3. The van der Waals surface area contributed by atoms with Crippen molar-refractivity contribution in [1.82, 2.24) is 0 Å². The van der Waals surface area contributed by atoms with Gasteiger partial charge >= 0.3 is 0 Å². The third kappa shape index (κ3) is 1.70. The number of carbonyl (C=O) groups excluding carboxylic acids is 2. The van der Waals surface area contributed by atoms with E-state index in [4.69, 9.17) is 0 Å². The second kappa shape index (κ2) is 4.04. The summed E-state index contributed by atoms with van der Waals surface area (Å²) >= 11 is 3.43. The Kier molecular flexibility index (Phi) is 2.68. The number of rotatable bonds is 0. The Bertz CT molecular complexity index is 635. The molecule has 1 heterocycles. The van der Waals surface area contributed by atoms with Crippen molar-refractivity contribution < 1.29 is 9.59 Å². The number of ketones is 1. The van der Waals surface area contributed by atoms with E-state index < -0.39 is 5.41 Å². The summed E-state index contributed by atoms with van der Waals surface area (Å²) in [5.74, 6) is 0.0719. The summed E-state index contributed by atoms with van der Waals surface area (Å²) in [7, 11) is 1.78. The number of benzene rings is 1. The van der Waals surface area contributed by atoms with Crippen LogP contribution in [-0.4, -0.2) is 18.7 Å². The van der Waals surface area contributed by atoms with E-state index in [1.165, 1.54) is 0 Å². The predicted molar refractivity (Wildman–Crippen MR) is 77.2 cm³/mol. The topological polar surface area (TPSA) is 37.4 Å². The molecule has 1 aliphatic carbocycles. The standard InChI is InChI=1S/C15H14BrNO2/c1-9-5-11(18)8-15(7-9)12-4-3-10(16)6-13(12)17(2)14(15)19/h3-6H,7-8H2,1-2H3/t15-/m0/s1. The minimum atomic E-state index is -0.680. The molecule has 3 rings (SSSR count). The van der Waals surface area contributed by atoms with Crippen molar-refractivity contribution in [3.05, 3.63) is 39.9 Å². The van der Waals surface area contributed by atoms with E-state index in [0.29, 0.717) is 6.42 Å². The Balaban J connectivity index is 2.22. The van der Waals surface area contributed by atoms with E-state index in [0.717, 1.165) is 21.3 Å². The van der Waals surface area contributed by atoms with Crippen molar-refractivity contribution in [1.29, 1.82) is 0 Å². The average molecular weight is 320 g/mol. The van der Waals surface area contributed by atoms with E-state index in [9.17, 15) is 9.59 Å². The largest absolute Gasteiger partial charge is 0.314 e. The maximum Gasteiger partial charge on any atom is 0.238 e. The van der Waals surface area contributed by atoms with Crippen molar-refractivity contribution in [2.24, 2.45) is 0 Å². The van der Waals surface area contributed by atoms with Gasteiger partial charge in [0.25, 0.3) is 0 Å². The second-order valence-electron chi connectivity index (χ2n) is 5.42. The first kappa shape index (κ1) is 12.6. The van der Waals surface area contributed by atoms with Gasteiger partial charge < -0.3 is 4.90 Å². The zero-order valence-corrected chi connectivity index (χ0v) is 12.5. The number of hydrogen-bond donors (Lipinski definition) is 0.